The first-order valence-electron chi connectivity index (χ1n) is 6.25. The highest BCUT2D eigenvalue weighted by atomic mass is 15.1. The molecule has 88 valence electrons. The Morgan fingerprint density at radius 3 is 2.60 bits per heavy atom. The summed E-state index contributed by atoms with van der Waals surface area (Å²) in [6.45, 7) is 5.03. The summed E-state index contributed by atoms with van der Waals surface area (Å²) in [7, 11) is 0. The topological polar surface area (TPSA) is 50.4 Å². The molecule has 0 aromatic carbocycles. The summed E-state index contributed by atoms with van der Waals surface area (Å²) in [5.74, 6) is 1.50. The van der Waals surface area contributed by atoms with Crippen LogP contribution in [0, 0.1) is 5.92 Å². The molecule has 0 unspecified atom stereocenters. The molecule has 0 heterocycles. The van der Waals surface area contributed by atoms with E-state index in [-0.39, 0.29) is 0 Å². The van der Waals surface area contributed by atoms with Crippen molar-refractivity contribution in [3.63, 3.8) is 0 Å². The average Bonchev–Trinajstić information content (AvgIpc) is 2.18. The number of nitrogens with one attached hydrogen (secondary N) is 1. The summed E-state index contributed by atoms with van der Waals surface area (Å²) in [6.07, 6.45) is 8.25. The molecule has 1 rings (SSSR count). The first-order chi connectivity index (χ1) is 7.18. The summed E-state index contributed by atoms with van der Waals surface area (Å²) in [4.78, 5) is 4.34. The minimum absolute atomic E-state index is 0.378. The van der Waals surface area contributed by atoms with Crippen molar-refractivity contribution < 1.29 is 0 Å². The van der Waals surface area contributed by atoms with Gasteiger partial charge in [0, 0.05) is 12.6 Å². The van der Waals surface area contributed by atoms with Crippen LogP contribution < -0.4 is 11.1 Å². The van der Waals surface area contributed by atoms with Gasteiger partial charge in [0.05, 0.1) is 0 Å². The molecule has 3 N–H and O–H groups in total. The maximum atomic E-state index is 5.73. The molecule has 0 aliphatic heterocycles. The van der Waals surface area contributed by atoms with Crippen molar-refractivity contribution in [1.29, 1.82) is 0 Å². The van der Waals surface area contributed by atoms with Gasteiger partial charge in [-0.15, -0.1) is 0 Å². The van der Waals surface area contributed by atoms with Gasteiger partial charge in [-0.1, -0.05) is 32.1 Å². The SMILES string of the molecule is CC(C)NC(N)=NCCC1CCCCC1. The van der Waals surface area contributed by atoms with Crippen LogP contribution in [0.1, 0.15) is 52.4 Å². The molecular weight excluding hydrogens is 186 g/mol. The Balaban J connectivity index is 2.13. The Morgan fingerprint density at radius 2 is 2.00 bits per heavy atom. The Kier molecular flexibility index (Phi) is 5.51. The predicted octanol–water partition coefficient (Wildman–Crippen LogP) is 2.27. The minimum Gasteiger partial charge on any atom is -0.370 e. The molecule has 15 heavy (non-hydrogen) atoms. The van der Waals surface area contributed by atoms with Gasteiger partial charge in [-0.3, -0.25) is 4.99 Å². The molecule has 1 fully saturated rings. The average molecular weight is 211 g/mol. The first-order valence-corrected chi connectivity index (χ1v) is 6.25. The van der Waals surface area contributed by atoms with Crippen LogP contribution in [0.5, 0.6) is 0 Å². The third kappa shape index (κ3) is 5.65. The van der Waals surface area contributed by atoms with Crippen LogP contribution in [0.4, 0.5) is 0 Å². The molecule has 1 aliphatic rings. The zero-order valence-corrected chi connectivity index (χ0v) is 10.1. The third-order valence-electron chi connectivity index (χ3n) is 2.98. The van der Waals surface area contributed by atoms with Gasteiger partial charge in [-0.05, 0) is 26.2 Å². The zero-order valence-electron chi connectivity index (χ0n) is 10.1. The van der Waals surface area contributed by atoms with Crippen LogP contribution in [0.25, 0.3) is 0 Å². The number of nitrogens with zero attached hydrogens (tertiary/aromatic N) is 1. The van der Waals surface area contributed by atoms with Crippen molar-refractivity contribution in [2.45, 2.75) is 58.4 Å². The molecule has 0 spiro atoms. The second kappa shape index (κ2) is 6.70. The van der Waals surface area contributed by atoms with E-state index in [0.29, 0.717) is 12.0 Å². The summed E-state index contributed by atoms with van der Waals surface area (Å²) >= 11 is 0. The number of hydrogen-bond donors (Lipinski definition) is 2. The van der Waals surface area contributed by atoms with Gasteiger partial charge in [-0.25, -0.2) is 0 Å². The van der Waals surface area contributed by atoms with E-state index >= 15 is 0 Å². The number of hydrogen-bond acceptors (Lipinski definition) is 1. The van der Waals surface area contributed by atoms with Crippen LogP contribution in [0.2, 0.25) is 0 Å². The molecule has 0 radical (unpaired) electrons. The standard InChI is InChI=1S/C12H25N3/c1-10(2)15-12(13)14-9-8-11-6-4-3-5-7-11/h10-11H,3-9H2,1-2H3,(H3,13,14,15). The fraction of sp³-hybridized carbons (Fsp3) is 0.917. The quantitative estimate of drug-likeness (QED) is 0.553. The second-order valence-corrected chi connectivity index (χ2v) is 4.86. The van der Waals surface area contributed by atoms with Gasteiger partial charge in [0.15, 0.2) is 5.96 Å². The molecule has 3 nitrogen and oxygen atoms in total. The van der Waals surface area contributed by atoms with Crippen molar-refractivity contribution in [3.8, 4) is 0 Å². The summed E-state index contributed by atoms with van der Waals surface area (Å²) < 4.78 is 0. The van der Waals surface area contributed by atoms with Gasteiger partial charge < -0.3 is 11.1 Å². The van der Waals surface area contributed by atoms with Crippen LogP contribution in [-0.4, -0.2) is 18.5 Å². The van der Waals surface area contributed by atoms with E-state index < -0.39 is 0 Å². The predicted molar refractivity (Wildman–Crippen MR) is 66.0 cm³/mol. The van der Waals surface area contributed by atoms with Crippen molar-refractivity contribution in [2.24, 2.45) is 16.6 Å². The van der Waals surface area contributed by atoms with Gasteiger partial charge >= 0.3 is 0 Å². The number of rotatable bonds is 4. The molecule has 0 atom stereocenters. The summed E-state index contributed by atoms with van der Waals surface area (Å²) in [6, 6.07) is 0.378. The maximum absolute atomic E-state index is 5.73. The summed E-state index contributed by atoms with van der Waals surface area (Å²) in [5.41, 5.74) is 5.73. The molecule has 0 aromatic rings. The van der Waals surface area contributed by atoms with Gasteiger partial charge in [0.1, 0.15) is 0 Å². The van der Waals surface area contributed by atoms with E-state index in [9.17, 15) is 0 Å². The zero-order chi connectivity index (χ0) is 11.1. The molecule has 1 aliphatic carbocycles. The lowest BCUT2D eigenvalue weighted by Gasteiger charge is -2.20. The highest BCUT2D eigenvalue weighted by Gasteiger charge is 2.12. The van der Waals surface area contributed by atoms with Gasteiger partial charge in [0.2, 0.25) is 0 Å². The van der Waals surface area contributed by atoms with Crippen molar-refractivity contribution in [1.82, 2.24) is 5.32 Å². The fourth-order valence-corrected chi connectivity index (χ4v) is 2.18. The number of guanidine groups is 1. The minimum atomic E-state index is 0.378. The third-order valence-corrected chi connectivity index (χ3v) is 2.98. The molecule has 3 heteroatoms. The van der Waals surface area contributed by atoms with Crippen LogP contribution in [-0.2, 0) is 0 Å². The normalized spacial score (nSPS) is 19.5. The Labute approximate surface area is 93.5 Å². The molecule has 0 aromatic heterocycles. The highest BCUT2D eigenvalue weighted by Crippen LogP contribution is 2.25. The van der Waals surface area contributed by atoms with E-state index in [1.54, 1.807) is 0 Å². The smallest absolute Gasteiger partial charge is 0.188 e. The van der Waals surface area contributed by atoms with E-state index in [0.717, 1.165) is 12.5 Å². The van der Waals surface area contributed by atoms with Crippen molar-refractivity contribution in [2.75, 3.05) is 6.54 Å². The van der Waals surface area contributed by atoms with Crippen LogP contribution in [0.15, 0.2) is 4.99 Å². The Hall–Kier alpha value is -0.730. The lowest BCUT2D eigenvalue weighted by atomic mass is 9.87. The van der Waals surface area contributed by atoms with E-state index in [2.05, 4.69) is 24.2 Å². The molecular formula is C12H25N3. The molecule has 1 saturated carbocycles. The van der Waals surface area contributed by atoms with Crippen LogP contribution in [0.3, 0.4) is 0 Å². The highest BCUT2D eigenvalue weighted by molar-refractivity contribution is 5.77. The van der Waals surface area contributed by atoms with E-state index in [1.165, 1.54) is 38.5 Å². The molecule has 0 bridgehead atoms. The number of aliphatic imine (C=N–C) groups is 1. The van der Waals surface area contributed by atoms with Crippen molar-refractivity contribution in [3.05, 3.63) is 0 Å². The maximum Gasteiger partial charge on any atom is 0.188 e. The molecule has 0 saturated heterocycles. The first kappa shape index (κ1) is 12.3. The second-order valence-electron chi connectivity index (χ2n) is 4.86. The lowest BCUT2D eigenvalue weighted by Crippen LogP contribution is -2.36. The molecule has 0 amide bonds. The Bertz CT molecular complexity index is 193. The van der Waals surface area contributed by atoms with Gasteiger partial charge in [0.25, 0.3) is 0 Å². The van der Waals surface area contributed by atoms with Crippen molar-refractivity contribution >= 4 is 5.96 Å². The monoisotopic (exact) mass is 211 g/mol. The number of nitrogens with two attached hydrogens (primary N) is 1. The fourth-order valence-electron chi connectivity index (χ4n) is 2.18. The Morgan fingerprint density at radius 1 is 1.33 bits per heavy atom. The van der Waals surface area contributed by atoms with E-state index in [1.807, 2.05) is 0 Å². The summed E-state index contributed by atoms with van der Waals surface area (Å²) in [5, 5.41) is 3.11. The van der Waals surface area contributed by atoms with Gasteiger partial charge in [-0.2, -0.15) is 0 Å². The van der Waals surface area contributed by atoms with E-state index in [4.69, 9.17) is 5.73 Å². The largest absolute Gasteiger partial charge is 0.370 e. The van der Waals surface area contributed by atoms with Crippen LogP contribution >= 0.6 is 0 Å². The lowest BCUT2D eigenvalue weighted by molar-refractivity contribution is 0.343.